The van der Waals surface area contributed by atoms with Crippen molar-refractivity contribution in [3.63, 3.8) is 0 Å². The molecule has 2 N–H and O–H groups in total. The number of thiophene rings is 1. The molecule has 2 aromatic rings. The van der Waals surface area contributed by atoms with Gasteiger partial charge in [-0.1, -0.05) is 6.07 Å². The van der Waals surface area contributed by atoms with Gasteiger partial charge >= 0.3 is 0 Å². The molecule has 16 heavy (non-hydrogen) atoms. The fourth-order valence-corrected chi connectivity index (χ4v) is 2.51. The van der Waals surface area contributed by atoms with E-state index in [4.69, 9.17) is 10.5 Å². The normalized spacial score (nSPS) is 12.7. The van der Waals surface area contributed by atoms with Crippen molar-refractivity contribution in [1.29, 1.82) is 0 Å². The van der Waals surface area contributed by atoms with Crippen molar-refractivity contribution in [3.05, 3.63) is 34.3 Å². The number of hydrogen-bond donors (Lipinski definition) is 1. The molecule has 0 bridgehead atoms. The lowest BCUT2D eigenvalue weighted by atomic mass is 10.1. The number of rotatable bonds is 4. The van der Waals surface area contributed by atoms with Crippen LogP contribution in [0.1, 0.15) is 16.6 Å². The van der Waals surface area contributed by atoms with Gasteiger partial charge in [-0.2, -0.15) is 5.10 Å². The van der Waals surface area contributed by atoms with Crippen LogP contribution in [-0.2, 0) is 13.5 Å². The third-order valence-electron chi connectivity index (χ3n) is 2.52. The number of nitrogens with two attached hydrogens (primary N) is 1. The average Bonchev–Trinajstić information content (AvgIpc) is 2.87. The summed E-state index contributed by atoms with van der Waals surface area (Å²) >= 11 is 1.72. The fraction of sp³-hybridized carbons (Fsp3) is 0.364. The van der Waals surface area contributed by atoms with Crippen LogP contribution in [0.3, 0.4) is 0 Å². The molecule has 0 aliphatic carbocycles. The zero-order valence-corrected chi connectivity index (χ0v) is 10.2. The van der Waals surface area contributed by atoms with Crippen LogP contribution in [0.25, 0.3) is 0 Å². The molecule has 1 unspecified atom stereocenters. The first kappa shape index (κ1) is 11.2. The Morgan fingerprint density at radius 1 is 1.62 bits per heavy atom. The van der Waals surface area contributed by atoms with Gasteiger partial charge in [-0.25, -0.2) is 0 Å². The molecule has 0 aliphatic heterocycles. The van der Waals surface area contributed by atoms with Crippen LogP contribution in [0, 0.1) is 0 Å². The minimum absolute atomic E-state index is 0.0823. The van der Waals surface area contributed by atoms with Crippen LogP contribution >= 0.6 is 11.3 Å². The average molecular weight is 237 g/mol. The Bertz CT molecular complexity index is 450. The highest BCUT2D eigenvalue weighted by molar-refractivity contribution is 7.09. The number of aryl methyl sites for hydroxylation is 1. The molecule has 0 fully saturated rings. The van der Waals surface area contributed by atoms with E-state index in [1.54, 1.807) is 29.3 Å². The molecule has 0 radical (unpaired) electrons. The third-order valence-corrected chi connectivity index (χ3v) is 3.42. The summed E-state index contributed by atoms with van der Waals surface area (Å²) < 4.78 is 7.02. The first-order valence-electron chi connectivity index (χ1n) is 5.06. The Morgan fingerprint density at radius 2 is 2.44 bits per heavy atom. The molecule has 0 aromatic carbocycles. The Labute approximate surface area is 98.6 Å². The highest BCUT2D eigenvalue weighted by atomic mass is 32.1. The van der Waals surface area contributed by atoms with Crippen molar-refractivity contribution in [2.75, 3.05) is 7.11 Å². The second kappa shape index (κ2) is 4.67. The van der Waals surface area contributed by atoms with E-state index in [0.717, 1.165) is 17.9 Å². The molecule has 5 heteroatoms. The second-order valence-corrected chi connectivity index (χ2v) is 4.64. The topological polar surface area (TPSA) is 53.1 Å². The highest BCUT2D eigenvalue weighted by Crippen LogP contribution is 2.26. The highest BCUT2D eigenvalue weighted by Gasteiger charge is 2.17. The van der Waals surface area contributed by atoms with Crippen molar-refractivity contribution in [2.45, 2.75) is 12.5 Å². The van der Waals surface area contributed by atoms with Gasteiger partial charge in [0.2, 0.25) is 0 Å². The first-order chi connectivity index (χ1) is 7.72. The van der Waals surface area contributed by atoms with Crippen LogP contribution in [0.15, 0.2) is 23.7 Å². The SMILES string of the molecule is COc1cnn(C)c1C(N)Cc1cccs1. The smallest absolute Gasteiger partial charge is 0.161 e. The Hall–Kier alpha value is -1.33. The van der Waals surface area contributed by atoms with Gasteiger partial charge in [-0.05, 0) is 11.4 Å². The lowest BCUT2D eigenvalue weighted by Crippen LogP contribution is -2.17. The van der Waals surface area contributed by atoms with Crippen LogP contribution in [0.4, 0.5) is 0 Å². The third kappa shape index (κ3) is 2.10. The first-order valence-corrected chi connectivity index (χ1v) is 5.94. The van der Waals surface area contributed by atoms with Gasteiger partial charge in [0.05, 0.1) is 25.0 Å². The Balaban J connectivity index is 2.20. The maximum atomic E-state index is 6.17. The lowest BCUT2D eigenvalue weighted by Gasteiger charge is -2.12. The maximum absolute atomic E-state index is 6.17. The molecule has 4 nitrogen and oxygen atoms in total. The van der Waals surface area contributed by atoms with Crippen molar-refractivity contribution < 1.29 is 4.74 Å². The molecule has 0 saturated heterocycles. The summed E-state index contributed by atoms with van der Waals surface area (Å²) in [6.45, 7) is 0. The van der Waals surface area contributed by atoms with E-state index in [2.05, 4.69) is 16.5 Å². The van der Waals surface area contributed by atoms with E-state index in [1.807, 2.05) is 13.1 Å². The van der Waals surface area contributed by atoms with E-state index in [9.17, 15) is 0 Å². The number of hydrogen-bond acceptors (Lipinski definition) is 4. The van der Waals surface area contributed by atoms with Crippen LogP contribution in [0.5, 0.6) is 5.75 Å². The van der Waals surface area contributed by atoms with E-state index in [-0.39, 0.29) is 6.04 Å². The summed E-state index contributed by atoms with van der Waals surface area (Å²) in [5.74, 6) is 0.756. The predicted octanol–water partition coefficient (Wildman–Crippen LogP) is 1.73. The number of aromatic nitrogens is 2. The monoisotopic (exact) mass is 237 g/mol. The van der Waals surface area contributed by atoms with Gasteiger partial charge in [0, 0.05) is 18.3 Å². The quantitative estimate of drug-likeness (QED) is 0.881. The molecule has 2 heterocycles. The minimum Gasteiger partial charge on any atom is -0.493 e. The molecular weight excluding hydrogens is 222 g/mol. The van der Waals surface area contributed by atoms with Crippen molar-refractivity contribution in [3.8, 4) is 5.75 Å². The summed E-state index contributed by atoms with van der Waals surface area (Å²) in [6, 6.07) is 4.04. The second-order valence-electron chi connectivity index (χ2n) is 3.61. The van der Waals surface area contributed by atoms with Crippen LogP contribution in [0.2, 0.25) is 0 Å². The van der Waals surface area contributed by atoms with Crippen molar-refractivity contribution >= 4 is 11.3 Å². The maximum Gasteiger partial charge on any atom is 0.161 e. The van der Waals surface area contributed by atoms with Gasteiger partial charge in [0.1, 0.15) is 0 Å². The standard InChI is InChI=1S/C11H15N3OS/c1-14-11(10(15-2)7-13-14)9(12)6-8-4-3-5-16-8/h3-5,7,9H,6,12H2,1-2H3. The molecule has 0 amide bonds. The van der Waals surface area contributed by atoms with Gasteiger partial charge < -0.3 is 10.5 Å². The van der Waals surface area contributed by atoms with E-state index in [1.165, 1.54) is 4.88 Å². The summed E-state index contributed by atoms with van der Waals surface area (Å²) in [5, 5.41) is 6.21. The largest absolute Gasteiger partial charge is 0.493 e. The number of methoxy groups -OCH3 is 1. The Morgan fingerprint density at radius 3 is 3.06 bits per heavy atom. The van der Waals surface area contributed by atoms with Crippen LogP contribution < -0.4 is 10.5 Å². The summed E-state index contributed by atoms with van der Waals surface area (Å²) in [6.07, 6.45) is 2.51. The minimum atomic E-state index is -0.0823. The zero-order valence-electron chi connectivity index (χ0n) is 9.38. The number of nitrogens with zero attached hydrogens (tertiary/aromatic N) is 2. The zero-order chi connectivity index (χ0) is 11.5. The molecule has 2 rings (SSSR count). The van der Waals surface area contributed by atoms with Crippen molar-refractivity contribution in [2.24, 2.45) is 12.8 Å². The van der Waals surface area contributed by atoms with Gasteiger partial charge in [-0.3, -0.25) is 4.68 Å². The lowest BCUT2D eigenvalue weighted by molar-refractivity contribution is 0.403. The van der Waals surface area contributed by atoms with E-state index < -0.39 is 0 Å². The molecule has 1 atom stereocenters. The molecule has 0 saturated carbocycles. The Kier molecular flexibility index (Phi) is 3.26. The molecular formula is C11H15N3OS. The summed E-state index contributed by atoms with van der Waals surface area (Å²) in [7, 11) is 3.52. The van der Waals surface area contributed by atoms with Crippen LogP contribution in [-0.4, -0.2) is 16.9 Å². The van der Waals surface area contributed by atoms with Crippen molar-refractivity contribution in [1.82, 2.24) is 9.78 Å². The molecule has 2 aromatic heterocycles. The summed E-state index contributed by atoms with van der Waals surface area (Å²) in [4.78, 5) is 1.27. The van der Waals surface area contributed by atoms with Gasteiger partial charge in [0.15, 0.2) is 5.75 Å². The fourth-order valence-electron chi connectivity index (χ4n) is 1.75. The number of ether oxygens (including phenoxy) is 1. The summed E-state index contributed by atoms with van der Waals surface area (Å²) in [5.41, 5.74) is 7.11. The molecule has 86 valence electrons. The van der Waals surface area contributed by atoms with E-state index >= 15 is 0 Å². The van der Waals surface area contributed by atoms with Gasteiger partial charge in [0.25, 0.3) is 0 Å². The van der Waals surface area contributed by atoms with E-state index in [0.29, 0.717) is 0 Å². The molecule has 0 spiro atoms. The molecule has 0 aliphatic rings. The van der Waals surface area contributed by atoms with Gasteiger partial charge in [-0.15, -0.1) is 11.3 Å². The predicted molar refractivity (Wildman–Crippen MR) is 64.7 cm³/mol.